The first-order chi connectivity index (χ1) is 8.37. The van der Waals surface area contributed by atoms with E-state index >= 15 is 0 Å². The predicted molar refractivity (Wildman–Crippen MR) is 70.9 cm³/mol. The molecule has 5 N–H and O–H groups in total. The van der Waals surface area contributed by atoms with E-state index in [4.69, 9.17) is 11.7 Å². The highest BCUT2D eigenvalue weighted by Gasteiger charge is 2.19. The fourth-order valence-electron chi connectivity index (χ4n) is 1.70. The molecule has 0 fully saturated rings. The molecule has 0 bridgehead atoms. The number of aromatic nitrogens is 2. The Labute approximate surface area is 107 Å². The van der Waals surface area contributed by atoms with Crippen molar-refractivity contribution in [2.75, 3.05) is 23.8 Å². The number of rotatable bonds is 5. The molecule has 0 radical (unpaired) electrons. The quantitative estimate of drug-likeness (QED) is 0.478. The highest BCUT2D eigenvalue weighted by atomic mass is 16.3. The second-order valence-electron chi connectivity index (χ2n) is 4.86. The minimum atomic E-state index is -0.798. The van der Waals surface area contributed by atoms with E-state index in [9.17, 15) is 5.11 Å². The molecule has 0 aliphatic carbocycles. The van der Waals surface area contributed by atoms with Crippen LogP contribution in [0.15, 0.2) is 17.2 Å². The van der Waals surface area contributed by atoms with Crippen LogP contribution in [0.4, 0.5) is 5.82 Å². The predicted octanol–water partition coefficient (Wildman–Crippen LogP) is -0.641. The minimum Gasteiger partial charge on any atom is -0.389 e. The van der Waals surface area contributed by atoms with E-state index in [-0.39, 0.29) is 0 Å². The van der Waals surface area contributed by atoms with Crippen LogP contribution >= 0.6 is 0 Å². The number of nitrogens with zero attached hydrogens (tertiary/aromatic N) is 4. The molecule has 1 heterocycles. The summed E-state index contributed by atoms with van der Waals surface area (Å²) in [4.78, 5) is 3.10. The Morgan fingerprint density at radius 1 is 1.50 bits per heavy atom. The second-order valence-corrected chi connectivity index (χ2v) is 4.86. The average Bonchev–Trinajstić information content (AvgIpc) is 2.26. The fourth-order valence-corrected chi connectivity index (χ4v) is 1.70. The molecule has 1 rings (SSSR count). The van der Waals surface area contributed by atoms with Crippen LogP contribution in [0.2, 0.25) is 0 Å². The summed E-state index contributed by atoms with van der Waals surface area (Å²) in [5, 5.41) is 17.6. The lowest BCUT2D eigenvalue weighted by atomic mass is 10.1. The zero-order valence-corrected chi connectivity index (χ0v) is 11.2. The normalized spacial score (nSPS) is 12.8. The molecule has 0 aliphatic heterocycles. The van der Waals surface area contributed by atoms with Crippen LogP contribution in [-0.2, 0) is 0 Å². The molecule has 0 aromatic carbocycles. The molecule has 0 spiro atoms. The number of nitrogen functional groups attached to an aromatic ring is 1. The van der Waals surface area contributed by atoms with Gasteiger partial charge in [0.05, 0.1) is 5.60 Å². The SMILES string of the molecule is CCCN(CC(C)(C)O)c1cc/c(=N/N)n(N)n1. The topological polar surface area (TPSA) is 106 Å². The van der Waals surface area contributed by atoms with Gasteiger partial charge in [0.25, 0.3) is 0 Å². The zero-order chi connectivity index (χ0) is 13.8. The summed E-state index contributed by atoms with van der Waals surface area (Å²) in [5.74, 6) is 11.5. The molecule has 0 saturated heterocycles. The average molecular weight is 254 g/mol. The van der Waals surface area contributed by atoms with Gasteiger partial charge in [0.2, 0.25) is 0 Å². The van der Waals surface area contributed by atoms with Crippen molar-refractivity contribution in [2.45, 2.75) is 32.8 Å². The van der Waals surface area contributed by atoms with Gasteiger partial charge >= 0.3 is 0 Å². The summed E-state index contributed by atoms with van der Waals surface area (Å²) in [6.45, 7) is 6.85. The van der Waals surface area contributed by atoms with E-state index in [1.165, 1.54) is 0 Å². The van der Waals surface area contributed by atoms with Crippen molar-refractivity contribution < 1.29 is 5.11 Å². The molecule has 0 unspecified atom stereocenters. The fraction of sp³-hybridized carbons (Fsp3) is 0.636. The molecule has 1 aromatic heterocycles. The van der Waals surface area contributed by atoms with Gasteiger partial charge < -0.3 is 21.7 Å². The Kier molecular flexibility index (Phi) is 4.55. The smallest absolute Gasteiger partial charge is 0.190 e. The lowest BCUT2D eigenvalue weighted by Crippen LogP contribution is -2.41. The largest absolute Gasteiger partial charge is 0.389 e. The maximum Gasteiger partial charge on any atom is 0.190 e. The van der Waals surface area contributed by atoms with Crippen LogP contribution in [0, 0.1) is 0 Å². The third kappa shape index (κ3) is 3.92. The summed E-state index contributed by atoms with van der Waals surface area (Å²) >= 11 is 0. The van der Waals surface area contributed by atoms with Crippen molar-refractivity contribution in [2.24, 2.45) is 10.9 Å². The van der Waals surface area contributed by atoms with Gasteiger partial charge in [-0.1, -0.05) is 6.92 Å². The number of hydrogen-bond acceptors (Lipinski definition) is 6. The first-order valence-electron chi connectivity index (χ1n) is 5.94. The van der Waals surface area contributed by atoms with Gasteiger partial charge in [0, 0.05) is 13.1 Å². The standard InChI is InChI=1S/C11H22N6O/c1-4-7-16(8-11(2,3)18)10-6-5-9(14-12)17(13)15-10/h5-6,18H,4,7-8,12-13H2,1-3H3/b14-9-. The van der Waals surface area contributed by atoms with E-state index < -0.39 is 5.60 Å². The molecule has 18 heavy (non-hydrogen) atoms. The van der Waals surface area contributed by atoms with Gasteiger partial charge in [-0.25, -0.2) is 0 Å². The molecule has 7 heteroatoms. The maximum atomic E-state index is 9.90. The van der Waals surface area contributed by atoms with Crippen molar-refractivity contribution in [3.63, 3.8) is 0 Å². The third-order valence-electron chi connectivity index (χ3n) is 2.35. The minimum absolute atomic E-state index is 0.387. The molecule has 1 aromatic rings. The summed E-state index contributed by atoms with van der Waals surface area (Å²) in [6.07, 6.45) is 0.950. The lowest BCUT2D eigenvalue weighted by Gasteiger charge is -2.29. The van der Waals surface area contributed by atoms with Crippen LogP contribution in [-0.4, -0.2) is 33.7 Å². The van der Waals surface area contributed by atoms with E-state index in [2.05, 4.69) is 17.1 Å². The van der Waals surface area contributed by atoms with Crippen LogP contribution in [0.1, 0.15) is 27.2 Å². The van der Waals surface area contributed by atoms with Crippen LogP contribution < -0.4 is 22.1 Å². The second kappa shape index (κ2) is 5.72. The van der Waals surface area contributed by atoms with Gasteiger partial charge in [-0.3, -0.25) is 0 Å². The number of nitrogens with two attached hydrogens (primary N) is 2. The third-order valence-corrected chi connectivity index (χ3v) is 2.35. The van der Waals surface area contributed by atoms with E-state index in [1.807, 2.05) is 4.90 Å². The molecule has 0 aliphatic rings. The number of anilines is 1. The monoisotopic (exact) mass is 254 g/mol. The van der Waals surface area contributed by atoms with E-state index in [0.717, 1.165) is 17.8 Å². The molecular weight excluding hydrogens is 232 g/mol. The Hall–Kier alpha value is -1.76. The van der Waals surface area contributed by atoms with Gasteiger partial charge in [-0.15, -0.1) is 5.10 Å². The summed E-state index contributed by atoms with van der Waals surface area (Å²) in [6, 6.07) is 3.48. The summed E-state index contributed by atoms with van der Waals surface area (Å²) in [7, 11) is 0. The lowest BCUT2D eigenvalue weighted by molar-refractivity contribution is 0.0871. The molecule has 102 valence electrons. The van der Waals surface area contributed by atoms with Crippen LogP contribution in [0.3, 0.4) is 0 Å². The Balaban J connectivity index is 3.03. The Bertz CT molecular complexity index is 448. The number of hydrogen-bond donors (Lipinski definition) is 3. The van der Waals surface area contributed by atoms with Crippen LogP contribution in [0.25, 0.3) is 0 Å². The first-order valence-corrected chi connectivity index (χ1v) is 5.94. The highest BCUT2D eigenvalue weighted by Crippen LogP contribution is 2.13. The van der Waals surface area contributed by atoms with E-state index in [0.29, 0.717) is 17.9 Å². The van der Waals surface area contributed by atoms with Gasteiger partial charge in [0.1, 0.15) is 0 Å². The molecule has 7 nitrogen and oxygen atoms in total. The molecule has 0 atom stereocenters. The maximum absolute atomic E-state index is 9.90. The van der Waals surface area contributed by atoms with Crippen molar-refractivity contribution in [3.05, 3.63) is 17.6 Å². The molecule has 0 saturated carbocycles. The van der Waals surface area contributed by atoms with Gasteiger partial charge in [-0.05, 0) is 32.4 Å². The Morgan fingerprint density at radius 3 is 2.61 bits per heavy atom. The van der Waals surface area contributed by atoms with Crippen molar-refractivity contribution in [1.82, 2.24) is 9.89 Å². The van der Waals surface area contributed by atoms with Crippen molar-refractivity contribution in [1.29, 1.82) is 0 Å². The van der Waals surface area contributed by atoms with E-state index in [1.54, 1.807) is 26.0 Å². The van der Waals surface area contributed by atoms with Crippen molar-refractivity contribution in [3.8, 4) is 0 Å². The Morgan fingerprint density at radius 2 is 2.17 bits per heavy atom. The van der Waals surface area contributed by atoms with Crippen molar-refractivity contribution >= 4 is 5.82 Å². The first kappa shape index (κ1) is 14.3. The zero-order valence-electron chi connectivity index (χ0n) is 11.2. The highest BCUT2D eigenvalue weighted by molar-refractivity contribution is 5.36. The molecule has 0 amide bonds. The number of aliphatic hydroxyl groups is 1. The summed E-state index contributed by atoms with van der Waals surface area (Å²) < 4.78 is 0. The van der Waals surface area contributed by atoms with Gasteiger partial charge in [0.15, 0.2) is 11.3 Å². The van der Waals surface area contributed by atoms with Gasteiger partial charge in [-0.2, -0.15) is 9.89 Å². The molecular formula is C11H22N6O. The van der Waals surface area contributed by atoms with Crippen LogP contribution in [0.5, 0.6) is 0 Å². The summed E-state index contributed by atoms with van der Waals surface area (Å²) in [5.41, 5.74) is -0.411.